The van der Waals surface area contributed by atoms with Crippen LogP contribution >= 0.6 is 0 Å². The van der Waals surface area contributed by atoms with Crippen LogP contribution in [0.1, 0.15) is 22.8 Å². The predicted molar refractivity (Wildman–Crippen MR) is 115 cm³/mol. The van der Waals surface area contributed by atoms with Crippen molar-refractivity contribution in [3.05, 3.63) is 78.1 Å². The van der Waals surface area contributed by atoms with E-state index >= 15 is 0 Å². The number of oxazole rings is 1. The molecule has 0 unspecified atom stereocenters. The van der Waals surface area contributed by atoms with Gasteiger partial charge in [-0.25, -0.2) is 0 Å². The van der Waals surface area contributed by atoms with Crippen molar-refractivity contribution < 1.29 is 14.0 Å². The van der Waals surface area contributed by atoms with Crippen LogP contribution in [-0.2, 0) is 11.2 Å². The molecule has 2 aromatic carbocycles. The minimum absolute atomic E-state index is 0.00623. The molecule has 0 radical (unpaired) electrons. The Morgan fingerprint density at radius 3 is 2.60 bits per heavy atom. The monoisotopic (exact) mass is 400 g/mol. The average molecular weight is 400 g/mol. The zero-order valence-corrected chi connectivity index (χ0v) is 16.6. The molecule has 2 aromatic heterocycles. The van der Waals surface area contributed by atoms with Gasteiger partial charge in [0, 0.05) is 24.5 Å². The molecule has 30 heavy (non-hydrogen) atoms. The van der Waals surface area contributed by atoms with Crippen molar-refractivity contribution in [1.82, 2.24) is 9.97 Å². The number of fused-ring (bicyclic) bond motifs is 1. The third kappa shape index (κ3) is 4.20. The van der Waals surface area contributed by atoms with Gasteiger partial charge in [0.05, 0.1) is 18.3 Å². The summed E-state index contributed by atoms with van der Waals surface area (Å²) in [5.74, 6) is -0.0774. The Labute approximate surface area is 173 Å². The summed E-state index contributed by atoms with van der Waals surface area (Å²) in [6.07, 6.45) is 3.58. The van der Waals surface area contributed by atoms with Crippen LogP contribution in [0.15, 0.2) is 71.4 Å². The van der Waals surface area contributed by atoms with E-state index in [4.69, 9.17) is 4.42 Å². The maximum atomic E-state index is 12.7. The number of hydrogen-bond acceptors (Lipinski definition) is 6. The van der Waals surface area contributed by atoms with Crippen LogP contribution < -0.4 is 10.2 Å². The molecular formula is C23H20N4O3. The van der Waals surface area contributed by atoms with Crippen LogP contribution in [-0.4, -0.2) is 28.7 Å². The number of ketones is 1. The summed E-state index contributed by atoms with van der Waals surface area (Å²) >= 11 is 0. The Bertz CT molecular complexity index is 1200. The first kappa shape index (κ1) is 19.3. The van der Waals surface area contributed by atoms with E-state index in [1.807, 2.05) is 30.3 Å². The van der Waals surface area contributed by atoms with Crippen LogP contribution in [0, 0.1) is 0 Å². The standard InChI is InChI=1S/C23H20N4O3/c1-15(28)17-6-8-19(9-7-17)27(2)22(29)13-16-5-10-20-21(12-16)30-23(26-20)25-18-4-3-11-24-14-18/h3-12,14H,13H2,1-2H3,(H,25,26). The van der Waals surface area contributed by atoms with E-state index in [1.54, 1.807) is 48.6 Å². The van der Waals surface area contributed by atoms with E-state index < -0.39 is 0 Å². The van der Waals surface area contributed by atoms with E-state index in [0.29, 0.717) is 22.7 Å². The first-order valence-electron chi connectivity index (χ1n) is 9.44. The molecule has 0 atom stereocenters. The summed E-state index contributed by atoms with van der Waals surface area (Å²) in [6.45, 7) is 1.52. The third-order valence-electron chi connectivity index (χ3n) is 4.76. The first-order valence-corrected chi connectivity index (χ1v) is 9.44. The number of nitrogens with zero attached hydrogens (tertiary/aromatic N) is 3. The van der Waals surface area contributed by atoms with Crippen molar-refractivity contribution in [3.63, 3.8) is 0 Å². The van der Waals surface area contributed by atoms with E-state index in [1.165, 1.54) is 6.92 Å². The van der Waals surface area contributed by atoms with Crippen molar-refractivity contribution >= 4 is 40.2 Å². The summed E-state index contributed by atoms with van der Waals surface area (Å²) in [5, 5.41) is 3.07. The van der Waals surface area contributed by atoms with Crippen LogP contribution in [0.2, 0.25) is 0 Å². The predicted octanol–water partition coefficient (Wildman–Crippen LogP) is 4.37. The smallest absolute Gasteiger partial charge is 0.300 e. The van der Waals surface area contributed by atoms with Gasteiger partial charge < -0.3 is 14.6 Å². The summed E-state index contributed by atoms with van der Waals surface area (Å²) in [4.78, 5) is 34.1. The highest BCUT2D eigenvalue weighted by Crippen LogP contribution is 2.23. The molecule has 0 spiro atoms. The highest BCUT2D eigenvalue weighted by molar-refractivity contribution is 5.97. The number of rotatable bonds is 6. The molecule has 150 valence electrons. The molecule has 0 aliphatic carbocycles. The molecule has 7 heteroatoms. The Morgan fingerprint density at radius 1 is 1.10 bits per heavy atom. The largest absolute Gasteiger partial charge is 0.423 e. The third-order valence-corrected chi connectivity index (χ3v) is 4.76. The maximum absolute atomic E-state index is 12.7. The van der Waals surface area contributed by atoms with Gasteiger partial charge in [0.15, 0.2) is 11.4 Å². The average Bonchev–Trinajstić information content (AvgIpc) is 3.15. The Kier molecular flexibility index (Phi) is 5.26. The van der Waals surface area contributed by atoms with Crippen LogP contribution in [0.25, 0.3) is 11.1 Å². The Morgan fingerprint density at radius 2 is 1.90 bits per heavy atom. The number of benzene rings is 2. The molecule has 2 heterocycles. The number of pyridine rings is 1. The molecule has 0 saturated heterocycles. The number of Topliss-reactive ketones (excluding diaryl/α,β-unsaturated/α-hetero) is 1. The van der Waals surface area contributed by atoms with E-state index in [0.717, 1.165) is 16.9 Å². The van der Waals surface area contributed by atoms with Crippen molar-refractivity contribution in [2.45, 2.75) is 13.3 Å². The minimum Gasteiger partial charge on any atom is -0.423 e. The summed E-state index contributed by atoms with van der Waals surface area (Å²) in [6, 6.07) is 16.5. The van der Waals surface area contributed by atoms with Gasteiger partial charge in [0.1, 0.15) is 5.52 Å². The lowest BCUT2D eigenvalue weighted by Gasteiger charge is -2.17. The van der Waals surface area contributed by atoms with Gasteiger partial charge in [0.25, 0.3) is 6.01 Å². The number of likely N-dealkylation sites (N-methyl/N-ethyl adjacent to an activating group) is 1. The lowest BCUT2D eigenvalue weighted by atomic mass is 10.1. The summed E-state index contributed by atoms with van der Waals surface area (Å²) in [5.41, 5.74) is 4.24. The second-order valence-corrected chi connectivity index (χ2v) is 6.92. The van der Waals surface area contributed by atoms with Crippen LogP contribution in [0.3, 0.4) is 0 Å². The van der Waals surface area contributed by atoms with Crippen molar-refractivity contribution in [2.24, 2.45) is 0 Å². The van der Waals surface area contributed by atoms with Gasteiger partial charge in [-0.15, -0.1) is 0 Å². The molecule has 7 nitrogen and oxygen atoms in total. The number of nitrogens with one attached hydrogen (secondary N) is 1. The molecule has 0 bridgehead atoms. The van der Waals surface area contributed by atoms with E-state index in [9.17, 15) is 9.59 Å². The molecular weight excluding hydrogens is 380 g/mol. The van der Waals surface area contributed by atoms with E-state index in [2.05, 4.69) is 15.3 Å². The van der Waals surface area contributed by atoms with Gasteiger partial charge in [-0.1, -0.05) is 6.07 Å². The van der Waals surface area contributed by atoms with Gasteiger partial charge in [-0.2, -0.15) is 4.98 Å². The molecule has 0 saturated carbocycles. The number of amides is 1. The lowest BCUT2D eigenvalue weighted by Crippen LogP contribution is -2.27. The second kappa shape index (κ2) is 8.16. The van der Waals surface area contributed by atoms with Crippen LogP contribution in [0.4, 0.5) is 17.4 Å². The molecule has 1 amide bonds. The lowest BCUT2D eigenvalue weighted by molar-refractivity contribution is -0.117. The SMILES string of the molecule is CC(=O)c1ccc(N(C)C(=O)Cc2ccc3nc(Nc4cccnc4)oc3c2)cc1. The Balaban J connectivity index is 1.47. The minimum atomic E-state index is -0.0712. The van der Waals surface area contributed by atoms with Gasteiger partial charge in [-0.05, 0) is 61.0 Å². The Hall–Kier alpha value is -4.00. The highest BCUT2D eigenvalue weighted by atomic mass is 16.4. The topological polar surface area (TPSA) is 88.3 Å². The fourth-order valence-electron chi connectivity index (χ4n) is 3.05. The van der Waals surface area contributed by atoms with Gasteiger partial charge in [0.2, 0.25) is 5.91 Å². The number of carbonyl (C=O) groups is 2. The molecule has 0 aliphatic heterocycles. The second-order valence-electron chi connectivity index (χ2n) is 6.92. The quantitative estimate of drug-likeness (QED) is 0.484. The van der Waals surface area contributed by atoms with Gasteiger partial charge in [-0.3, -0.25) is 14.6 Å². The number of hydrogen-bond donors (Lipinski definition) is 1. The van der Waals surface area contributed by atoms with Crippen molar-refractivity contribution in [3.8, 4) is 0 Å². The zero-order valence-electron chi connectivity index (χ0n) is 16.6. The fraction of sp³-hybridized carbons (Fsp3) is 0.130. The molecule has 0 fully saturated rings. The summed E-state index contributed by atoms with van der Waals surface area (Å²) in [7, 11) is 1.72. The molecule has 1 N–H and O–H groups in total. The van der Waals surface area contributed by atoms with Crippen molar-refractivity contribution in [1.29, 1.82) is 0 Å². The molecule has 4 aromatic rings. The van der Waals surface area contributed by atoms with Crippen molar-refractivity contribution in [2.75, 3.05) is 17.3 Å². The van der Waals surface area contributed by atoms with Gasteiger partial charge >= 0.3 is 0 Å². The zero-order chi connectivity index (χ0) is 21.1. The van der Waals surface area contributed by atoms with E-state index in [-0.39, 0.29) is 18.1 Å². The highest BCUT2D eigenvalue weighted by Gasteiger charge is 2.14. The number of anilines is 3. The number of carbonyl (C=O) groups excluding carboxylic acids is 2. The maximum Gasteiger partial charge on any atom is 0.300 e. The fourth-order valence-corrected chi connectivity index (χ4v) is 3.05. The molecule has 0 aliphatic rings. The van der Waals surface area contributed by atoms with Crippen LogP contribution in [0.5, 0.6) is 0 Å². The first-order chi connectivity index (χ1) is 14.5. The summed E-state index contributed by atoms with van der Waals surface area (Å²) < 4.78 is 5.77. The molecule has 4 rings (SSSR count). The number of aromatic nitrogens is 2. The normalized spacial score (nSPS) is 10.7.